The van der Waals surface area contributed by atoms with Gasteiger partial charge in [-0.25, -0.2) is 4.68 Å². The summed E-state index contributed by atoms with van der Waals surface area (Å²) in [5, 5.41) is 4.96. The zero-order valence-electron chi connectivity index (χ0n) is 15.9. The highest BCUT2D eigenvalue weighted by atomic mass is 35.5. The van der Waals surface area contributed by atoms with E-state index in [-0.39, 0.29) is 5.91 Å². The van der Waals surface area contributed by atoms with Crippen molar-refractivity contribution in [3.8, 4) is 5.69 Å². The van der Waals surface area contributed by atoms with Crippen molar-refractivity contribution in [1.29, 1.82) is 0 Å². The summed E-state index contributed by atoms with van der Waals surface area (Å²) >= 11 is 6.05. The van der Waals surface area contributed by atoms with Gasteiger partial charge in [-0.15, -0.1) is 0 Å². The molecule has 0 saturated carbocycles. The van der Waals surface area contributed by atoms with Gasteiger partial charge in [-0.2, -0.15) is 5.10 Å². The molecule has 4 rings (SSSR count). The molecule has 0 bridgehead atoms. The van der Waals surface area contributed by atoms with Crippen LogP contribution < -0.4 is 4.90 Å². The van der Waals surface area contributed by atoms with Gasteiger partial charge in [-0.3, -0.25) is 4.79 Å². The standard InChI is InChI=1S/C22H23ClN4O/c1-25(15-17-7-2-3-10-21(17)26-11-4-5-12-26)22(28)18-14-24-27(16-18)20-9-6-8-19(23)13-20/h2-3,6-10,13-14,16H,4-5,11-12,15H2,1H3. The fraction of sp³-hybridized carbons (Fsp3) is 0.273. The number of rotatable bonds is 5. The van der Waals surface area contributed by atoms with E-state index in [1.807, 2.05) is 37.4 Å². The number of nitrogens with zero attached hydrogens (tertiary/aromatic N) is 4. The van der Waals surface area contributed by atoms with Gasteiger partial charge in [0, 0.05) is 43.6 Å². The van der Waals surface area contributed by atoms with Gasteiger partial charge >= 0.3 is 0 Å². The fourth-order valence-electron chi connectivity index (χ4n) is 3.65. The van der Waals surface area contributed by atoms with Crippen LogP contribution in [-0.2, 0) is 6.54 Å². The van der Waals surface area contributed by atoms with Crippen LogP contribution >= 0.6 is 11.6 Å². The molecule has 28 heavy (non-hydrogen) atoms. The minimum Gasteiger partial charge on any atom is -0.371 e. The van der Waals surface area contributed by atoms with Gasteiger partial charge in [0.05, 0.1) is 17.4 Å². The summed E-state index contributed by atoms with van der Waals surface area (Å²) in [6.07, 6.45) is 5.81. The molecule has 0 spiro atoms. The van der Waals surface area contributed by atoms with E-state index < -0.39 is 0 Å². The van der Waals surface area contributed by atoms with Gasteiger partial charge in [-0.05, 0) is 42.7 Å². The second kappa shape index (κ2) is 8.07. The Hall–Kier alpha value is -2.79. The quantitative estimate of drug-likeness (QED) is 0.644. The topological polar surface area (TPSA) is 41.4 Å². The number of halogens is 1. The van der Waals surface area contributed by atoms with Crippen molar-refractivity contribution in [2.45, 2.75) is 19.4 Å². The molecule has 0 atom stereocenters. The van der Waals surface area contributed by atoms with Crippen LogP contribution in [-0.4, -0.2) is 40.7 Å². The molecular formula is C22H23ClN4O. The Bertz CT molecular complexity index is 978. The van der Waals surface area contributed by atoms with E-state index in [0.717, 1.165) is 18.8 Å². The zero-order valence-corrected chi connectivity index (χ0v) is 16.6. The lowest BCUT2D eigenvalue weighted by atomic mass is 10.1. The highest BCUT2D eigenvalue weighted by molar-refractivity contribution is 6.30. The lowest BCUT2D eigenvalue weighted by Gasteiger charge is -2.24. The Kier molecular flexibility index (Phi) is 5.35. The van der Waals surface area contributed by atoms with E-state index in [9.17, 15) is 4.79 Å². The van der Waals surface area contributed by atoms with E-state index in [1.165, 1.54) is 24.1 Å². The van der Waals surface area contributed by atoms with Crippen LogP contribution in [0.1, 0.15) is 28.8 Å². The molecular weight excluding hydrogens is 372 g/mol. The monoisotopic (exact) mass is 394 g/mol. The number of hydrogen-bond donors (Lipinski definition) is 0. The third-order valence-electron chi connectivity index (χ3n) is 5.09. The fourth-order valence-corrected chi connectivity index (χ4v) is 3.84. The minimum absolute atomic E-state index is 0.0514. The van der Waals surface area contributed by atoms with E-state index in [4.69, 9.17) is 11.6 Å². The molecule has 1 aliphatic rings. The molecule has 144 valence electrons. The molecule has 1 aromatic heterocycles. The molecule has 0 unspecified atom stereocenters. The van der Waals surface area contributed by atoms with Crippen molar-refractivity contribution < 1.29 is 4.79 Å². The maximum atomic E-state index is 12.9. The van der Waals surface area contributed by atoms with Gasteiger partial charge in [0.1, 0.15) is 0 Å². The Morgan fingerprint density at radius 2 is 1.93 bits per heavy atom. The summed E-state index contributed by atoms with van der Waals surface area (Å²) in [5.74, 6) is -0.0514. The van der Waals surface area contributed by atoms with Crippen molar-refractivity contribution in [2.24, 2.45) is 0 Å². The predicted molar refractivity (Wildman–Crippen MR) is 112 cm³/mol. The molecule has 0 aliphatic carbocycles. The molecule has 2 heterocycles. The van der Waals surface area contributed by atoms with Gasteiger partial charge < -0.3 is 9.80 Å². The number of amides is 1. The molecule has 0 radical (unpaired) electrons. The largest absolute Gasteiger partial charge is 0.371 e. The Labute approximate surface area is 170 Å². The molecule has 5 nitrogen and oxygen atoms in total. The average Bonchev–Trinajstić information content (AvgIpc) is 3.40. The predicted octanol–water partition coefficient (Wildman–Crippen LogP) is 4.40. The lowest BCUT2D eigenvalue weighted by Crippen LogP contribution is -2.27. The van der Waals surface area contributed by atoms with Gasteiger partial charge in [0.2, 0.25) is 0 Å². The summed E-state index contributed by atoms with van der Waals surface area (Å²) in [4.78, 5) is 17.1. The number of para-hydroxylation sites is 1. The highest BCUT2D eigenvalue weighted by Gasteiger charge is 2.19. The van der Waals surface area contributed by atoms with Crippen LogP contribution in [0.25, 0.3) is 5.69 Å². The molecule has 6 heteroatoms. The second-order valence-corrected chi connectivity index (χ2v) is 7.57. The molecule has 1 aliphatic heterocycles. The van der Waals surface area contributed by atoms with E-state index in [2.05, 4.69) is 28.2 Å². The van der Waals surface area contributed by atoms with Crippen LogP contribution in [0.5, 0.6) is 0 Å². The van der Waals surface area contributed by atoms with Crippen molar-refractivity contribution in [2.75, 3.05) is 25.0 Å². The summed E-state index contributed by atoms with van der Waals surface area (Å²) in [7, 11) is 1.83. The smallest absolute Gasteiger partial charge is 0.257 e. The van der Waals surface area contributed by atoms with Crippen LogP contribution in [0.4, 0.5) is 5.69 Å². The molecule has 3 aromatic rings. The van der Waals surface area contributed by atoms with Crippen molar-refractivity contribution >= 4 is 23.2 Å². The van der Waals surface area contributed by atoms with Crippen LogP contribution in [0.2, 0.25) is 5.02 Å². The van der Waals surface area contributed by atoms with Gasteiger partial charge in [0.25, 0.3) is 5.91 Å². The Morgan fingerprint density at radius 1 is 1.14 bits per heavy atom. The highest BCUT2D eigenvalue weighted by Crippen LogP contribution is 2.25. The minimum atomic E-state index is -0.0514. The Balaban J connectivity index is 1.50. The number of benzene rings is 2. The first kappa shape index (κ1) is 18.6. The normalized spacial score (nSPS) is 13.7. The number of aromatic nitrogens is 2. The lowest BCUT2D eigenvalue weighted by molar-refractivity contribution is 0.0785. The van der Waals surface area contributed by atoms with Crippen LogP contribution in [0, 0.1) is 0 Å². The molecule has 1 fully saturated rings. The molecule has 0 N–H and O–H groups in total. The molecule has 1 saturated heterocycles. The first-order valence-corrected chi connectivity index (χ1v) is 9.88. The number of carbonyl (C=O) groups is 1. The summed E-state index contributed by atoms with van der Waals surface area (Å²) in [6.45, 7) is 2.73. The maximum Gasteiger partial charge on any atom is 0.257 e. The molecule has 2 aromatic carbocycles. The number of hydrogen-bond acceptors (Lipinski definition) is 3. The van der Waals surface area contributed by atoms with E-state index >= 15 is 0 Å². The summed E-state index contributed by atoms with van der Waals surface area (Å²) in [5.41, 5.74) is 3.78. The summed E-state index contributed by atoms with van der Waals surface area (Å²) < 4.78 is 1.67. The number of anilines is 1. The van der Waals surface area contributed by atoms with Gasteiger partial charge in [0.15, 0.2) is 0 Å². The van der Waals surface area contributed by atoms with Crippen molar-refractivity contribution in [3.63, 3.8) is 0 Å². The summed E-state index contributed by atoms with van der Waals surface area (Å²) in [6, 6.07) is 15.7. The average molecular weight is 395 g/mol. The van der Waals surface area contributed by atoms with Crippen LogP contribution in [0.3, 0.4) is 0 Å². The van der Waals surface area contributed by atoms with Crippen molar-refractivity contribution in [3.05, 3.63) is 77.1 Å². The SMILES string of the molecule is CN(Cc1ccccc1N1CCCC1)C(=O)c1cnn(-c2cccc(Cl)c2)c1. The Morgan fingerprint density at radius 3 is 2.71 bits per heavy atom. The van der Waals surface area contributed by atoms with Crippen LogP contribution in [0.15, 0.2) is 60.9 Å². The third kappa shape index (κ3) is 3.90. The first-order chi connectivity index (χ1) is 13.6. The number of carbonyl (C=O) groups excluding carboxylic acids is 1. The third-order valence-corrected chi connectivity index (χ3v) is 5.33. The van der Waals surface area contributed by atoms with Crippen molar-refractivity contribution in [1.82, 2.24) is 14.7 Å². The second-order valence-electron chi connectivity index (χ2n) is 7.14. The van der Waals surface area contributed by atoms with E-state index in [0.29, 0.717) is 17.1 Å². The maximum absolute atomic E-state index is 12.9. The molecule has 1 amide bonds. The van der Waals surface area contributed by atoms with E-state index in [1.54, 1.807) is 22.0 Å². The zero-order chi connectivity index (χ0) is 19.5. The van der Waals surface area contributed by atoms with Gasteiger partial charge in [-0.1, -0.05) is 35.9 Å². The first-order valence-electron chi connectivity index (χ1n) is 9.51.